The van der Waals surface area contributed by atoms with E-state index in [2.05, 4.69) is 11.4 Å². The number of carbonyl (C=O) groups is 1. The number of nitrogens with zero attached hydrogens (tertiary/aromatic N) is 1. The third-order valence-corrected chi connectivity index (χ3v) is 7.65. The second-order valence-electron chi connectivity index (χ2n) is 6.25. The molecular formula is C18H22N2O3S2. The second kappa shape index (κ2) is 7.68. The van der Waals surface area contributed by atoms with Crippen LogP contribution in [-0.2, 0) is 27.7 Å². The predicted octanol–water partition coefficient (Wildman–Crippen LogP) is 3.28. The Balaban J connectivity index is 1.48. The number of benzene rings is 1. The van der Waals surface area contributed by atoms with Gasteiger partial charge in [-0.05, 0) is 60.4 Å². The molecule has 1 heterocycles. The lowest BCUT2D eigenvalue weighted by Crippen LogP contribution is -2.28. The molecule has 134 valence electrons. The highest BCUT2D eigenvalue weighted by Gasteiger charge is 2.21. The van der Waals surface area contributed by atoms with Gasteiger partial charge in [0, 0.05) is 25.7 Å². The Morgan fingerprint density at radius 2 is 2.04 bits per heavy atom. The summed E-state index contributed by atoms with van der Waals surface area (Å²) in [6.07, 6.45) is 4.15. The van der Waals surface area contributed by atoms with E-state index in [9.17, 15) is 13.2 Å². The van der Waals surface area contributed by atoms with Gasteiger partial charge in [-0.3, -0.25) is 4.79 Å². The van der Waals surface area contributed by atoms with Gasteiger partial charge in [0.05, 0.1) is 0 Å². The molecule has 25 heavy (non-hydrogen) atoms. The van der Waals surface area contributed by atoms with Crippen LogP contribution in [0.2, 0.25) is 0 Å². The van der Waals surface area contributed by atoms with E-state index in [1.165, 1.54) is 33.2 Å². The third kappa shape index (κ3) is 4.29. The molecule has 0 fully saturated rings. The van der Waals surface area contributed by atoms with Crippen molar-refractivity contribution in [1.29, 1.82) is 0 Å². The molecule has 1 aliphatic carbocycles. The standard InChI is InChI=1S/C18H22N2O3S2/c1-20(25(22,23)18-8-4-12-24-18)11-3-7-17(21)19-16-10-9-14-5-2-6-15(14)13-16/h4,8-10,12-13H,2-3,5-7,11H2,1H3,(H,19,21). The predicted molar refractivity (Wildman–Crippen MR) is 100 cm³/mol. The summed E-state index contributed by atoms with van der Waals surface area (Å²) in [4.78, 5) is 12.1. The summed E-state index contributed by atoms with van der Waals surface area (Å²) in [7, 11) is -1.89. The number of sulfonamides is 1. The quantitative estimate of drug-likeness (QED) is 0.804. The van der Waals surface area contributed by atoms with E-state index < -0.39 is 10.0 Å². The first-order chi connectivity index (χ1) is 12.0. The highest BCUT2D eigenvalue weighted by molar-refractivity contribution is 7.91. The van der Waals surface area contributed by atoms with Crippen molar-refractivity contribution < 1.29 is 13.2 Å². The molecule has 1 N–H and O–H groups in total. The summed E-state index contributed by atoms with van der Waals surface area (Å²) in [5.74, 6) is -0.0835. The molecule has 7 heteroatoms. The first-order valence-corrected chi connectivity index (χ1v) is 10.7. The summed E-state index contributed by atoms with van der Waals surface area (Å²) in [5.41, 5.74) is 3.52. The summed E-state index contributed by atoms with van der Waals surface area (Å²) in [6, 6.07) is 9.38. The average Bonchev–Trinajstić information content (AvgIpc) is 3.26. The van der Waals surface area contributed by atoms with Crippen LogP contribution in [-0.4, -0.2) is 32.2 Å². The Morgan fingerprint density at radius 3 is 2.80 bits per heavy atom. The van der Waals surface area contributed by atoms with Crippen LogP contribution in [0.5, 0.6) is 0 Å². The Bertz CT molecular complexity index is 845. The van der Waals surface area contributed by atoms with Crippen molar-refractivity contribution >= 4 is 33.0 Å². The number of amides is 1. The fourth-order valence-corrected chi connectivity index (χ4v) is 5.43. The fraction of sp³-hybridized carbons (Fsp3) is 0.389. The van der Waals surface area contributed by atoms with Gasteiger partial charge in [0.2, 0.25) is 5.91 Å². The number of rotatable bonds is 7. The van der Waals surface area contributed by atoms with E-state index in [1.807, 2.05) is 12.1 Å². The van der Waals surface area contributed by atoms with Crippen molar-refractivity contribution in [2.45, 2.75) is 36.3 Å². The highest BCUT2D eigenvalue weighted by atomic mass is 32.2. The van der Waals surface area contributed by atoms with E-state index in [-0.39, 0.29) is 5.91 Å². The molecule has 0 atom stereocenters. The number of fused-ring (bicyclic) bond motifs is 1. The number of anilines is 1. The molecule has 0 saturated carbocycles. The fourth-order valence-electron chi connectivity index (χ4n) is 3.02. The van der Waals surface area contributed by atoms with Crippen LogP contribution in [0.3, 0.4) is 0 Å². The van der Waals surface area contributed by atoms with Crippen LogP contribution in [0.4, 0.5) is 5.69 Å². The maximum absolute atomic E-state index is 12.3. The Morgan fingerprint density at radius 1 is 1.24 bits per heavy atom. The van der Waals surface area contributed by atoms with Crippen LogP contribution >= 0.6 is 11.3 Å². The molecule has 1 aliphatic rings. The zero-order valence-electron chi connectivity index (χ0n) is 14.2. The van der Waals surface area contributed by atoms with Gasteiger partial charge in [-0.2, -0.15) is 0 Å². The lowest BCUT2D eigenvalue weighted by atomic mass is 10.1. The van der Waals surface area contributed by atoms with Crippen molar-refractivity contribution in [2.75, 3.05) is 18.9 Å². The molecule has 3 rings (SSSR count). The van der Waals surface area contributed by atoms with Crippen LogP contribution in [0, 0.1) is 0 Å². The minimum absolute atomic E-state index is 0.0835. The first kappa shape index (κ1) is 18.1. The third-order valence-electron chi connectivity index (χ3n) is 4.42. The van der Waals surface area contributed by atoms with Gasteiger partial charge < -0.3 is 5.32 Å². The average molecular weight is 379 g/mol. The highest BCUT2D eigenvalue weighted by Crippen LogP contribution is 2.25. The van der Waals surface area contributed by atoms with E-state index >= 15 is 0 Å². The maximum atomic E-state index is 12.3. The van der Waals surface area contributed by atoms with Crippen molar-refractivity contribution in [3.8, 4) is 0 Å². The molecule has 0 spiro atoms. The van der Waals surface area contributed by atoms with Gasteiger partial charge in [-0.25, -0.2) is 12.7 Å². The van der Waals surface area contributed by atoms with Crippen LogP contribution < -0.4 is 5.32 Å². The number of hydrogen-bond donors (Lipinski definition) is 1. The molecule has 1 aromatic heterocycles. The van der Waals surface area contributed by atoms with Crippen LogP contribution in [0.15, 0.2) is 39.9 Å². The largest absolute Gasteiger partial charge is 0.326 e. The Labute approximate surface area is 152 Å². The smallest absolute Gasteiger partial charge is 0.252 e. The Hall–Kier alpha value is -1.70. The lowest BCUT2D eigenvalue weighted by Gasteiger charge is -2.15. The molecule has 0 bridgehead atoms. The summed E-state index contributed by atoms with van der Waals surface area (Å²) in [6.45, 7) is 0.317. The molecule has 0 unspecified atom stereocenters. The van der Waals surface area contributed by atoms with Crippen molar-refractivity contribution in [2.24, 2.45) is 0 Å². The van der Waals surface area contributed by atoms with E-state index in [0.29, 0.717) is 23.6 Å². The molecule has 2 aromatic rings. The number of nitrogens with one attached hydrogen (secondary N) is 1. The monoisotopic (exact) mass is 378 g/mol. The summed E-state index contributed by atoms with van der Waals surface area (Å²) in [5, 5.41) is 4.65. The number of thiophene rings is 1. The lowest BCUT2D eigenvalue weighted by molar-refractivity contribution is -0.116. The van der Waals surface area contributed by atoms with Crippen LogP contribution in [0.25, 0.3) is 0 Å². The molecule has 1 amide bonds. The SMILES string of the molecule is CN(CCCC(=O)Nc1ccc2c(c1)CCC2)S(=O)(=O)c1cccs1. The van der Waals surface area contributed by atoms with Gasteiger partial charge in [-0.1, -0.05) is 12.1 Å². The van der Waals surface area contributed by atoms with Crippen molar-refractivity contribution in [3.63, 3.8) is 0 Å². The van der Waals surface area contributed by atoms with E-state index in [0.717, 1.165) is 18.5 Å². The zero-order valence-corrected chi connectivity index (χ0v) is 15.8. The molecule has 5 nitrogen and oxygen atoms in total. The summed E-state index contributed by atoms with van der Waals surface area (Å²) < 4.78 is 26.2. The Kier molecular flexibility index (Phi) is 5.56. The van der Waals surface area contributed by atoms with E-state index in [4.69, 9.17) is 0 Å². The second-order valence-corrected chi connectivity index (χ2v) is 9.47. The maximum Gasteiger partial charge on any atom is 0.252 e. The molecule has 1 aromatic carbocycles. The topological polar surface area (TPSA) is 66.5 Å². The normalized spacial score (nSPS) is 13.8. The van der Waals surface area contributed by atoms with Gasteiger partial charge in [0.1, 0.15) is 4.21 Å². The van der Waals surface area contributed by atoms with Gasteiger partial charge in [-0.15, -0.1) is 11.3 Å². The summed E-state index contributed by atoms with van der Waals surface area (Å²) >= 11 is 1.20. The number of hydrogen-bond acceptors (Lipinski definition) is 4. The van der Waals surface area contributed by atoms with E-state index in [1.54, 1.807) is 24.6 Å². The zero-order chi connectivity index (χ0) is 17.9. The van der Waals surface area contributed by atoms with Crippen molar-refractivity contribution in [3.05, 3.63) is 46.8 Å². The minimum atomic E-state index is -3.44. The molecule has 0 radical (unpaired) electrons. The van der Waals surface area contributed by atoms with Gasteiger partial charge in [0.25, 0.3) is 10.0 Å². The number of aryl methyl sites for hydroxylation is 2. The van der Waals surface area contributed by atoms with Gasteiger partial charge in [0.15, 0.2) is 0 Å². The number of carbonyl (C=O) groups excluding carboxylic acids is 1. The molecule has 0 saturated heterocycles. The molecule has 0 aliphatic heterocycles. The first-order valence-electron chi connectivity index (χ1n) is 8.38. The van der Waals surface area contributed by atoms with Gasteiger partial charge >= 0.3 is 0 Å². The minimum Gasteiger partial charge on any atom is -0.326 e. The van der Waals surface area contributed by atoms with Crippen molar-refractivity contribution in [1.82, 2.24) is 4.31 Å². The van der Waals surface area contributed by atoms with Crippen LogP contribution in [0.1, 0.15) is 30.4 Å². The molecular weight excluding hydrogens is 356 g/mol.